The highest BCUT2D eigenvalue weighted by molar-refractivity contribution is 7.89. The Kier molecular flexibility index (Phi) is 3.74. The van der Waals surface area contributed by atoms with Gasteiger partial charge in [0.15, 0.2) is 6.43 Å². The van der Waals surface area contributed by atoms with Gasteiger partial charge in [0.25, 0.3) is 0 Å². The van der Waals surface area contributed by atoms with Crippen molar-refractivity contribution in [3.05, 3.63) is 0 Å². The number of rotatable bonds is 2. The van der Waals surface area contributed by atoms with Gasteiger partial charge in [-0.15, -0.1) is 7.80 Å². The largest absolute Gasteiger partial charge is 0.166 e. The molecule has 0 bridgehead atoms. The average molecular weight is 116 g/mol. The molecule has 2 heteroatoms. The smallest absolute Gasteiger partial charge is 0.147 e. The first-order valence-corrected chi connectivity index (χ1v) is 5.15. The molecule has 0 atom stereocenters. The topological polar surface area (TPSA) is 0 Å². The lowest BCUT2D eigenvalue weighted by Gasteiger charge is -2.07. The molecule has 0 nitrogen and oxygen atoms in total. The first-order chi connectivity index (χ1) is 3.18. The molecule has 0 spiro atoms. The molecule has 42 valence electrons. The second-order valence-corrected chi connectivity index (χ2v) is 5.03. The lowest BCUT2D eigenvalue weighted by molar-refractivity contribution is 1.44. The third kappa shape index (κ3) is 3.11. The highest BCUT2D eigenvalue weighted by Crippen LogP contribution is 2.30. The van der Waals surface area contributed by atoms with Crippen molar-refractivity contribution < 1.29 is 0 Å². The molecule has 7 heavy (non-hydrogen) atoms. The highest BCUT2D eigenvalue weighted by Gasteiger charge is 2.05. The van der Waals surface area contributed by atoms with Crippen LogP contribution >= 0.6 is 7.80 Å². The van der Waals surface area contributed by atoms with Gasteiger partial charge in [0.2, 0.25) is 0 Å². The Labute approximate surface area is 48.5 Å². The van der Waals surface area contributed by atoms with Crippen molar-refractivity contribution in [3.63, 3.8) is 0 Å². The molecule has 0 N–H and O–H groups in total. The van der Waals surface area contributed by atoms with Crippen LogP contribution in [0, 0.1) is 0 Å². The summed E-state index contributed by atoms with van der Waals surface area (Å²) >= 11 is 0. The molecule has 0 aliphatic heterocycles. The van der Waals surface area contributed by atoms with E-state index in [1.165, 1.54) is 6.32 Å². The summed E-state index contributed by atoms with van der Waals surface area (Å²) in [7, 11) is 0.338. The highest BCUT2D eigenvalue weighted by atomic mass is 31.1. The van der Waals surface area contributed by atoms with Crippen LogP contribution in [0.15, 0.2) is 0 Å². The minimum Gasteiger partial charge on any atom is -0.147 e. The zero-order chi connectivity index (χ0) is 5.86. The normalized spacial score (nSPS) is 9.86. The Morgan fingerprint density at radius 1 is 1.43 bits per heavy atom. The Morgan fingerprint density at radius 2 is 1.86 bits per heavy atom. The van der Waals surface area contributed by atoms with Crippen molar-refractivity contribution >= 4 is 14.2 Å². The van der Waals surface area contributed by atoms with Crippen LogP contribution in [0.3, 0.4) is 0 Å². The van der Waals surface area contributed by atoms with E-state index in [0.29, 0.717) is 7.80 Å². The predicted molar refractivity (Wildman–Crippen MR) is 40.9 cm³/mol. The molecule has 0 amide bonds. The van der Waals surface area contributed by atoms with Crippen molar-refractivity contribution in [1.82, 2.24) is 0 Å². The van der Waals surface area contributed by atoms with Gasteiger partial charge in [-0.25, -0.2) is 0 Å². The molecule has 0 saturated carbocycles. The van der Waals surface area contributed by atoms with Crippen molar-refractivity contribution in [2.24, 2.45) is 0 Å². The molecule has 0 rings (SSSR count). The number of hydrogen-bond donors (Lipinski definition) is 0. The Hall–Kier alpha value is 0.495. The molecule has 0 unspecified atom stereocenters. The third-order valence-electron chi connectivity index (χ3n) is 1.47. The zero-order valence-electron chi connectivity index (χ0n) is 5.73. The molecule has 0 fully saturated rings. The zero-order valence-corrected chi connectivity index (χ0v) is 6.63. The Morgan fingerprint density at radius 3 is 1.86 bits per heavy atom. The first kappa shape index (κ1) is 7.49. The summed E-state index contributed by atoms with van der Waals surface area (Å²) in [6, 6.07) is 0. The lowest BCUT2D eigenvalue weighted by Crippen LogP contribution is -1.99. The monoisotopic (exact) mass is 116 g/mol. The molecule has 0 aromatic carbocycles. The van der Waals surface area contributed by atoms with Crippen molar-refractivity contribution in [3.8, 4) is 0 Å². The fourth-order valence-corrected chi connectivity index (χ4v) is 1.10. The van der Waals surface area contributed by atoms with Gasteiger partial charge in [-0.1, -0.05) is 33.4 Å². The summed E-state index contributed by atoms with van der Waals surface area (Å²) < 4.78 is 0. The van der Waals surface area contributed by atoms with Crippen LogP contribution in [-0.4, -0.2) is 19.8 Å². The van der Waals surface area contributed by atoms with E-state index in [9.17, 15) is 0 Å². The summed E-state index contributed by atoms with van der Waals surface area (Å²) in [5.41, 5.74) is 0. The van der Waals surface area contributed by atoms with E-state index in [4.69, 9.17) is 0 Å². The van der Waals surface area contributed by atoms with Crippen LogP contribution in [0.5, 0.6) is 0 Å². The maximum absolute atomic E-state index is 2.34. The maximum Gasteiger partial charge on any atom is 0.166 e. The van der Waals surface area contributed by atoms with Gasteiger partial charge in [-0.05, 0) is 0 Å². The van der Waals surface area contributed by atoms with Crippen LogP contribution < -0.4 is 0 Å². The van der Waals surface area contributed by atoms with Crippen LogP contribution in [-0.2, 0) is 0 Å². The van der Waals surface area contributed by atoms with Crippen molar-refractivity contribution in [1.29, 1.82) is 0 Å². The number of hydrogen-bond acceptors (Lipinski definition) is 0. The summed E-state index contributed by atoms with van der Waals surface area (Å²) in [4.78, 5) is 0. The summed E-state index contributed by atoms with van der Waals surface area (Å²) in [5, 5.41) is 0. The summed E-state index contributed by atoms with van der Waals surface area (Å²) in [5.74, 6) is 0. The van der Waals surface area contributed by atoms with E-state index in [2.05, 4.69) is 27.1 Å². The van der Waals surface area contributed by atoms with E-state index < -0.39 is 0 Å². The van der Waals surface area contributed by atoms with Gasteiger partial charge in [-0.2, -0.15) is 0 Å². The molecule has 0 aliphatic rings. The molecular weight excluding hydrogens is 102 g/mol. The minimum atomic E-state index is 0.338. The van der Waals surface area contributed by atoms with Gasteiger partial charge in [0.05, 0.1) is 0 Å². The maximum atomic E-state index is 2.34. The lowest BCUT2D eigenvalue weighted by atomic mass is 9.76. The van der Waals surface area contributed by atoms with Crippen LogP contribution in [0.2, 0.25) is 13.1 Å². The standard InChI is InChI=1S/C5H14BP/c1-5-6(2)7(3)4/h5H2,1-4H3. The quantitative estimate of drug-likeness (QED) is 0.383. The second kappa shape index (κ2) is 3.49. The SMILES string of the molecule is CCB(C)P(C)C. The van der Waals surface area contributed by atoms with Crippen LogP contribution in [0.1, 0.15) is 6.92 Å². The van der Waals surface area contributed by atoms with Crippen molar-refractivity contribution in [2.45, 2.75) is 20.1 Å². The molecule has 0 aliphatic carbocycles. The molecule has 0 radical (unpaired) electrons. The van der Waals surface area contributed by atoms with Gasteiger partial charge >= 0.3 is 0 Å². The van der Waals surface area contributed by atoms with E-state index in [0.717, 1.165) is 6.43 Å². The van der Waals surface area contributed by atoms with Gasteiger partial charge in [-0.3, -0.25) is 0 Å². The van der Waals surface area contributed by atoms with Gasteiger partial charge in [0, 0.05) is 0 Å². The Bertz CT molecular complexity index is 45.3. The molecule has 0 aromatic rings. The summed E-state index contributed by atoms with van der Waals surface area (Å²) in [6.45, 7) is 9.26. The second-order valence-electron chi connectivity index (χ2n) is 2.22. The van der Waals surface area contributed by atoms with Crippen LogP contribution in [0.4, 0.5) is 0 Å². The van der Waals surface area contributed by atoms with Crippen molar-refractivity contribution in [2.75, 3.05) is 13.3 Å². The molecule has 0 heterocycles. The fourth-order valence-electron chi connectivity index (χ4n) is 0.365. The van der Waals surface area contributed by atoms with E-state index in [1.54, 1.807) is 0 Å². The van der Waals surface area contributed by atoms with E-state index in [-0.39, 0.29) is 0 Å². The fraction of sp³-hybridized carbons (Fsp3) is 1.00. The average Bonchev–Trinajstić information content (AvgIpc) is 1.65. The predicted octanol–water partition coefficient (Wildman–Crippen LogP) is 2.37. The molecule has 0 saturated heterocycles. The molecule has 0 aromatic heterocycles. The third-order valence-corrected chi connectivity index (χ3v) is 3.60. The molecular formula is C5H14BP. The van der Waals surface area contributed by atoms with Gasteiger partial charge in [0.1, 0.15) is 0 Å². The van der Waals surface area contributed by atoms with Gasteiger partial charge < -0.3 is 0 Å². The van der Waals surface area contributed by atoms with Crippen LogP contribution in [0.25, 0.3) is 0 Å². The minimum absolute atomic E-state index is 0.338. The van der Waals surface area contributed by atoms with E-state index in [1.807, 2.05) is 0 Å². The summed E-state index contributed by atoms with van der Waals surface area (Å²) in [6.07, 6.45) is 2.31. The van der Waals surface area contributed by atoms with E-state index >= 15 is 0 Å². The Balaban J connectivity index is 3.14. The first-order valence-electron chi connectivity index (χ1n) is 2.85.